The molecule has 1 heterocycles. The second kappa shape index (κ2) is 4.68. The van der Waals surface area contributed by atoms with E-state index in [4.69, 9.17) is 11.6 Å². The number of imidazole rings is 1. The zero-order valence-electron chi connectivity index (χ0n) is 9.31. The summed E-state index contributed by atoms with van der Waals surface area (Å²) in [6.45, 7) is 0. The molecule has 4 heteroatoms. The maximum atomic E-state index is 5.87. The lowest BCUT2D eigenvalue weighted by Crippen LogP contribution is -2.21. The Labute approximate surface area is 100 Å². The number of hydrogen-bond acceptors (Lipinski definition) is 2. The lowest BCUT2D eigenvalue weighted by atomic mass is 10.1. The van der Waals surface area contributed by atoms with Crippen molar-refractivity contribution in [3.63, 3.8) is 0 Å². The van der Waals surface area contributed by atoms with Gasteiger partial charge in [0.05, 0.1) is 6.04 Å². The highest BCUT2D eigenvalue weighted by molar-refractivity contribution is 6.30. The average molecular weight is 236 g/mol. The van der Waals surface area contributed by atoms with Crippen molar-refractivity contribution in [3.05, 3.63) is 53.1 Å². The molecule has 84 valence electrons. The molecule has 0 unspecified atom stereocenters. The minimum atomic E-state index is 0.0947. The summed E-state index contributed by atoms with van der Waals surface area (Å²) in [4.78, 5) is 4.35. The van der Waals surface area contributed by atoms with Gasteiger partial charge in [0.1, 0.15) is 5.82 Å². The van der Waals surface area contributed by atoms with Gasteiger partial charge in [-0.25, -0.2) is 4.98 Å². The van der Waals surface area contributed by atoms with Crippen LogP contribution >= 0.6 is 11.6 Å². The van der Waals surface area contributed by atoms with Gasteiger partial charge in [0.15, 0.2) is 0 Å². The zero-order chi connectivity index (χ0) is 11.5. The second-order valence-corrected chi connectivity index (χ2v) is 4.11. The van der Waals surface area contributed by atoms with Gasteiger partial charge in [-0.3, -0.25) is 0 Å². The van der Waals surface area contributed by atoms with Crippen LogP contribution in [0.2, 0.25) is 5.02 Å². The Morgan fingerprint density at radius 1 is 1.31 bits per heavy atom. The molecule has 1 atom stereocenters. The number of halogens is 1. The summed E-state index contributed by atoms with van der Waals surface area (Å²) in [7, 11) is 3.91. The van der Waals surface area contributed by atoms with Crippen LogP contribution in [0, 0.1) is 0 Å². The van der Waals surface area contributed by atoms with E-state index >= 15 is 0 Å². The first-order valence-corrected chi connectivity index (χ1v) is 5.50. The number of nitrogens with zero attached hydrogens (tertiary/aromatic N) is 2. The first-order chi connectivity index (χ1) is 7.72. The van der Waals surface area contributed by atoms with Crippen LogP contribution < -0.4 is 5.32 Å². The van der Waals surface area contributed by atoms with E-state index in [2.05, 4.69) is 10.3 Å². The molecule has 1 aromatic heterocycles. The van der Waals surface area contributed by atoms with E-state index in [9.17, 15) is 0 Å². The third-order valence-electron chi connectivity index (χ3n) is 2.61. The molecule has 0 aliphatic carbocycles. The summed E-state index contributed by atoms with van der Waals surface area (Å²) in [6.07, 6.45) is 3.74. The van der Waals surface area contributed by atoms with Crippen LogP contribution in [0.15, 0.2) is 36.7 Å². The fourth-order valence-electron chi connectivity index (χ4n) is 1.76. The lowest BCUT2D eigenvalue weighted by molar-refractivity contribution is 0.617. The van der Waals surface area contributed by atoms with Crippen LogP contribution in [0.1, 0.15) is 17.4 Å². The first kappa shape index (κ1) is 11.2. The molecule has 1 aromatic carbocycles. The smallest absolute Gasteiger partial charge is 0.130 e. The topological polar surface area (TPSA) is 29.9 Å². The minimum absolute atomic E-state index is 0.0947. The second-order valence-electron chi connectivity index (χ2n) is 3.67. The minimum Gasteiger partial charge on any atom is -0.336 e. The van der Waals surface area contributed by atoms with Crippen molar-refractivity contribution in [2.75, 3.05) is 7.05 Å². The first-order valence-electron chi connectivity index (χ1n) is 5.12. The molecule has 3 nitrogen and oxygen atoms in total. The fourth-order valence-corrected chi connectivity index (χ4v) is 1.88. The third-order valence-corrected chi connectivity index (χ3v) is 2.86. The molecule has 2 aromatic rings. The van der Waals surface area contributed by atoms with Crippen LogP contribution in [0.25, 0.3) is 0 Å². The van der Waals surface area contributed by atoms with Gasteiger partial charge in [0.25, 0.3) is 0 Å². The highest BCUT2D eigenvalue weighted by atomic mass is 35.5. The van der Waals surface area contributed by atoms with Crippen LogP contribution in [0.5, 0.6) is 0 Å². The SMILES string of the molecule is CN[C@H](c1ccc(Cl)cc1)c1nccn1C. The summed E-state index contributed by atoms with van der Waals surface area (Å²) in [5.41, 5.74) is 1.15. The number of nitrogens with one attached hydrogen (secondary N) is 1. The fraction of sp³-hybridized carbons (Fsp3) is 0.250. The van der Waals surface area contributed by atoms with E-state index in [1.807, 2.05) is 49.1 Å². The van der Waals surface area contributed by atoms with E-state index in [0.717, 1.165) is 16.4 Å². The number of aromatic nitrogens is 2. The molecule has 0 fully saturated rings. The van der Waals surface area contributed by atoms with Gasteiger partial charge >= 0.3 is 0 Å². The molecule has 2 rings (SSSR count). The molecule has 0 saturated heterocycles. The van der Waals surface area contributed by atoms with Crippen molar-refractivity contribution in [3.8, 4) is 0 Å². The molecule has 0 radical (unpaired) electrons. The number of aryl methyl sites for hydroxylation is 1. The van der Waals surface area contributed by atoms with Crippen molar-refractivity contribution < 1.29 is 0 Å². The van der Waals surface area contributed by atoms with Crippen molar-refractivity contribution in [2.24, 2.45) is 7.05 Å². The highest BCUT2D eigenvalue weighted by Gasteiger charge is 2.15. The Bertz CT molecular complexity index is 461. The molecule has 16 heavy (non-hydrogen) atoms. The Kier molecular flexibility index (Phi) is 3.27. The largest absolute Gasteiger partial charge is 0.336 e. The average Bonchev–Trinajstić information content (AvgIpc) is 2.69. The van der Waals surface area contributed by atoms with E-state index in [-0.39, 0.29) is 6.04 Å². The number of benzene rings is 1. The van der Waals surface area contributed by atoms with Crippen LogP contribution in [-0.2, 0) is 7.05 Å². The van der Waals surface area contributed by atoms with Gasteiger partial charge in [-0.05, 0) is 24.7 Å². The molecule has 0 spiro atoms. The molecule has 0 saturated carbocycles. The van der Waals surface area contributed by atoms with Crippen molar-refractivity contribution in [1.29, 1.82) is 0 Å². The summed E-state index contributed by atoms with van der Waals surface area (Å²) in [5, 5.41) is 4.00. The van der Waals surface area contributed by atoms with E-state index in [1.165, 1.54) is 0 Å². The Balaban J connectivity index is 2.37. The van der Waals surface area contributed by atoms with Crippen molar-refractivity contribution in [2.45, 2.75) is 6.04 Å². The molecule has 0 bridgehead atoms. The Morgan fingerprint density at radius 2 is 2.00 bits per heavy atom. The van der Waals surface area contributed by atoms with Gasteiger partial charge in [0.2, 0.25) is 0 Å². The van der Waals surface area contributed by atoms with E-state index in [1.54, 1.807) is 6.20 Å². The van der Waals surface area contributed by atoms with Gasteiger partial charge in [-0.2, -0.15) is 0 Å². The van der Waals surface area contributed by atoms with Crippen LogP contribution in [0.3, 0.4) is 0 Å². The molecule has 0 aliphatic rings. The quantitative estimate of drug-likeness (QED) is 0.886. The molecule has 0 amide bonds. The van der Waals surface area contributed by atoms with Crippen LogP contribution in [-0.4, -0.2) is 16.6 Å². The van der Waals surface area contributed by atoms with E-state index < -0.39 is 0 Å². The highest BCUT2D eigenvalue weighted by Crippen LogP contribution is 2.21. The lowest BCUT2D eigenvalue weighted by Gasteiger charge is -2.16. The monoisotopic (exact) mass is 235 g/mol. The summed E-state index contributed by atoms with van der Waals surface area (Å²) < 4.78 is 2.01. The van der Waals surface area contributed by atoms with Gasteiger partial charge in [-0.1, -0.05) is 23.7 Å². The maximum Gasteiger partial charge on any atom is 0.130 e. The third kappa shape index (κ3) is 2.10. The van der Waals surface area contributed by atoms with Gasteiger partial charge in [-0.15, -0.1) is 0 Å². The van der Waals surface area contributed by atoms with Gasteiger partial charge in [0, 0.05) is 24.5 Å². The van der Waals surface area contributed by atoms with Crippen LogP contribution in [0.4, 0.5) is 0 Å². The van der Waals surface area contributed by atoms with Crippen molar-refractivity contribution >= 4 is 11.6 Å². The van der Waals surface area contributed by atoms with Crippen molar-refractivity contribution in [1.82, 2.24) is 14.9 Å². The molecule has 0 aliphatic heterocycles. The molecule has 1 N–H and O–H groups in total. The van der Waals surface area contributed by atoms with Gasteiger partial charge < -0.3 is 9.88 Å². The number of rotatable bonds is 3. The molecular formula is C12H14ClN3. The standard InChI is InChI=1S/C12H14ClN3/c1-14-11(12-15-7-8-16(12)2)9-3-5-10(13)6-4-9/h3-8,11,14H,1-2H3/t11-/m1/s1. The van der Waals surface area contributed by atoms with E-state index in [0.29, 0.717) is 0 Å². The summed E-state index contributed by atoms with van der Waals surface area (Å²) in [5.74, 6) is 0.991. The summed E-state index contributed by atoms with van der Waals surface area (Å²) in [6, 6.07) is 7.90. The Morgan fingerprint density at radius 3 is 2.50 bits per heavy atom. The normalized spacial score (nSPS) is 12.7. The number of hydrogen-bond donors (Lipinski definition) is 1. The Hall–Kier alpha value is -1.32. The zero-order valence-corrected chi connectivity index (χ0v) is 10.1. The predicted molar refractivity (Wildman–Crippen MR) is 65.6 cm³/mol. The summed E-state index contributed by atoms with van der Waals surface area (Å²) >= 11 is 5.87. The molecular weight excluding hydrogens is 222 g/mol. The predicted octanol–water partition coefficient (Wildman–Crippen LogP) is 2.38. The maximum absolute atomic E-state index is 5.87.